The minimum absolute atomic E-state index is 0.112. The van der Waals surface area contributed by atoms with Crippen LogP contribution in [0.25, 0.3) is 5.65 Å². The second-order valence-electron chi connectivity index (χ2n) is 8.38. The van der Waals surface area contributed by atoms with Gasteiger partial charge in [-0.25, -0.2) is 18.3 Å². The predicted octanol–water partition coefficient (Wildman–Crippen LogP) is 4.69. The van der Waals surface area contributed by atoms with Crippen LogP contribution >= 0.6 is 11.6 Å². The van der Waals surface area contributed by atoms with Crippen molar-refractivity contribution in [1.29, 1.82) is 0 Å². The van der Waals surface area contributed by atoms with Crippen LogP contribution in [-0.4, -0.2) is 41.7 Å². The molecule has 3 aromatic rings. The number of hydrogen-bond acceptors (Lipinski definition) is 4. The van der Waals surface area contributed by atoms with Crippen molar-refractivity contribution in [3.05, 3.63) is 46.1 Å². The maximum atomic E-state index is 13.7. The lowest BCUT2D eigenvalue weighted by molar-refractivity contribution is 0.0669. The van der Waals surface area contributed by atoms with Crippen molar-refractivity contribution in [1.82, 2.24) is 29.3 Å². The number of hydrogen-bond donors (Lipinski definition) is 0. The van der Waals surface area contributed by atoms with Crippen molar-refractivity contribution in [3.63, 3.8) is 0 Å². The molecule has 4 heterocycles. The van der Waals surface area contributed by atoms with Gasteiger partial charge in [0.15, 0.2) is 11.3 Å². The molecule has 0 N–H and O–H groups in total. The average Bonchev–Trinajstić information content (AvgIpc) is 3.46. The summed E-state index contributed by atoms with van der Waals surface area (Å²) in [6, 6.07) is 2.65. The van der Waals surface area contributed by atoms with Crippen molar-refractivity contribution in [2.75, 3.05) is 6.54 Å². The van der Waals surface area contributed by atoms with Gasteiger partial charge in [-0.1, -0.05) is 24.4 Å². The van der Waals surface area contributed by atoms with Crippen molar-refractivity contribution in [3.8, 4) is 0 Å². The van der Waals surface area contributed by atoms with Gasteiger partial charge in [0, 0.05) is 37.5 Å². The largest absolute Gasteiger partial charge is 0.329 e. The van der Waals surface area contributed by atoms with E-state index in [2.05, 4.69) is 15.2 Å². The van der Waals surface area contributed by atoms with Gasteiger partial charge in [0.05, 0.1) is 11.1 Å². The van der Waals surface area contributed by atoms with Crippen LogP contribution in [0.4, 0.5) is 8.78 Å². The molecule has 10 heteroatoms. The number of rotatable bonds is 4. The summed E-state index contributed by atoms with van der Waals surface area (Å²) < 4.78 is 30.1. The van der Waals surface area contributed by atoms with Crippen LogP contribution in [0.5, 0.6) is 0 Å². The molecular formula is C21H23ClF2N6O. The number of likely N-dealkylation sites (tertiary alicyclic amines) is 1. The molecule has 0 aromatic carbocycles. The standard InChI is InChI=1S/C21H23ClF2N6O/c1-28-11-13(22)19(27-28)16-5-3-2-4-8-29(16)21(31)15-10-18-25-14(12-6-7-12)9-17(20(23)24)30(18)26-15/h9-12,16,20H,2-8H2,1H3. The fourth-order valence-electron chi connectivity index (χ4n) is 4.35. The zero-order chi connectivity index (χ0) is 21.7. The Labute approximate surface area is 183 Å². The molecule has 1 unspecified atom stereocenters. The molecule has 1 saturated carbocycles. The summed E-state index contributed by atoms with van der Waals surface area (Å²) in [7, 11) is 1.79. The third-order valence-corrected chi connectivity index (χ3v) is 6.34. The van der Waals surface area contributed by atoms with E-state index in [-0.39, 0.29) is 34.9 Å². The molecule has 0 spiro atoms. The number of halogens is 3. The molecule has 5 rings (SSSR count). The highest BCUT2D eigenvalue weighted by Gasteiger charge is 2.33. The first kappa shape index (κ1) is 20.4. The molecule has 1 saturated heterocycles. The first-order chi connectivity index (χ1) is 14.9. The Hall–Kier alpha value is -2.55. The summed E-state index contributed by atoms with van der Waals surface area (Å²) in [6.45, 7) is 0.534. The van der Waals surface area contributed by atoms with Crippen molar-refractivity contribution in [2.45, 2.75) is 56.9 Å². The Morgan fingerprint density at radius 1 is 1.16 bits per heavy atom. The molecule has 7 nitrogen and oxygen atoms in total. The Balaban J connectivity index is 1.54. The minimum Gasteiger partial charge on any atom is -0.329 e. The Morgan fingerprint density at radius 2 is 1.97 bits per heavy atom. The second kappa shape index (κ2) is 7.85. The van der Waals surface area contributed by atoms with E-state index in [4.69, 9.17) is 11.6 Å². The van der Waals surface area contributed by atoms with Crippen LogP contribution in [0.15, 0.2) is 18.3 Å². The number of amides is 1. The van der Waals surface area contributed by atoms with Crippen molar-refractivity contribution < 1.29 is 13.6 Å². The highest BCUT2D eigenvalue weighted by molar-refractivity contribution is 6.31. The van der Waals surface area contributed by atoms with Gasteiger partial charge in [0.25, 0.3) is 12.3 Å². The Kier molecular flexibility index (Phi) is 5.16. The first-order valence-corrected chi connectivity index (χ1v) is 11.0. The Bertz CT molecular complexity index is 1140. The number of fused-ring (bicyclic) bond motifs is 1. The molecule has 1 amide bonds. The maximum Gasteiger partial charge on any atom is 0.280 e. The number of carbonyl (C=O) groups is 1. The summed E-state index contributed by atoms with van der Waals surface area (Å²) in [5, 5.41) is 9.23. The fourth-order valence-corrected chi connectivity index (χ4v) is 4.66. The van der Waals surface area contributed by atoms with E-state index in [9.17, 15) is 13.6 Å². The van der Waals surface area contributed by atoms with E-state index in [1.807, 2.05) is 0 Å². The molecule has 31 heavy (non-hydrogen) atoms. The highest BCUT2D eigenvalue weighted by atomic mass is 35.5. The summed E-state index contributed by atoms with van der Waals surface area (Å²) in [5.74, 6) is -0.0925. The van der Waals surface area contributed by atoms with Gasteiger partial charge >= 0.3 is 0 Å². The summed E-state index contributed by atoms with van der Waals surface area (Å²) >= 11 is 6.39. The quantitative estimate of drug-likeness (QED) is 0.580. The van der Waals surface area contributed by atoms with E-state index in [0.29, 0.717) is 23.0 Å². The summed E-state index contributed by atoms with van der Waals surface area (Å²) in [6.07, 6.45) is 4.45. The maximum absolute atomic E-state index is 13.7. The van der Waals surface area contributed by atoms with Gasteiger partial charge in [0.1, 0.15) is 11.4 Å². The monoisotopic (exact) mass is 448 g/mol. The normalized spacial score (nSPS) is 19.9. The SMILES string of the molecule is Cn1cc(Cl)c(C2CCCCCN2C(=O)c2cc3nc(C4CC4)cc(C(F)F)n3n2)n1. The van der Waals surface area contributed by atoms with Crippen LogP contribution < -0.4 is 0 Å². The molecule has 0 bridgehead atoms. The van der Waals surface area contributed by atoms with E-state index < -0.39 is 6.43 Å². The predicted molar refractivity (Wildman–Crippen MR) is 110 cm³/mol. The third-order valence-electron chi connectivity index (χ3n) is 6.05. The van der Waals surface area contributed by atoms with Gasteiger partial charge in [-0.2, -0.15) is 10.2 Å². The lowest BCUT2D eigenvalue weighted by atomic mass is 10.1. The summed E-state index contributed by atoms with van der Waals surface area (Å²) in [4.78, 5) is 19.7. The van der Waals surface area contributed by atoms with E-state index in [0.717, 1.165) is 43.0 Å². The number of alkyl halides is 2. The fraction of sp³-hybridized carbons (Fsp3) is 0.524. The van der Waals surface area contributed by atoms with E-state index in [1.54, 1.807) is 22.8 Å². The number of aromatic nitrogens is 5. The molecular weight excluding hydrogens is 426 g/mol. The zero-order valence-corrected chi connectivity index (χ0v) is 17.9. The van der Waals surface area contributed by atoms with Crippen LogP contribution in [-0.2, 0) is 7.05 Å². The van der Waals surface area contributed by atoms with Crippen LogP contribution in [0.1, 0.15) is 84.5 Å². The molecule has 164 valence electrons. The lowest BCUT2D eigenvalue weighted by Crippen LogP contribution is -2.35. The van der Waals surface area contributed by atoms with Gasteiger partial charge in [0.2, 0.25) is 0 Å². The molecule has 1 aliphatic heterocycles. The molecule has 1 atom stereocenters. The topological polar surface area (TPSA) is 68.3 Å². The smallest absolute Gasteiger partial charge is 0.280 e. The highest BCUT2D eigenvalue weighted by Crippen LogP contribution is 2.40. The zero-order valence-electron chi connectivity index (χ0n) is 17.1. The molecule has 0 radical (unpaired) electrons. The van der Waals surface area contributed by atoms with E-state index in [1.165, 1.54) is 12.1 Å². The molecule has 3 aromatic heterocycles. The van der Waals surface area contributed by atoms with Gasteiger partial charge in [-0.05, 0) is 31.7 Å². The van der Waals surface area contributed by atoms with E-state index >= 15 is 0 Å². The summed E-state index contributed by atoms with van der Waals surface area (Å²) in [5.41, 5.74) is 1.47. The van der Waals surface area contributed by atoms with Crippen LogP contribution in [0.2, 0.25) is 5.02 Å². The average molecular weight is 449 g/mol. The Morgan fingerprint density at radius 3 is 2.65 bits per heavy atom. The van der Waals surface area contributed by atoms with Crippen molar-refractivity contribution >= 4 is 23.2 Å². The number of carbonyl (C=O) groups excluding carboxylic acids is 1. The number of nitrogens with zero attached hydrogens (tertiary/aromatic N) is 6. The first-order valence-electron chi connectivity index (χ1n) is 10.6. The molecule has 2 fully saturated rings. The van der Waals surface area contributed by atoms with Crippen LogP contribution in [0.3, 0.4) is 0 Å². The van der Waals surface area contributed by atoms with Gasteiger partial charge in [-0.15, -0.1) is 0 Å². The van der Waals surface area contributed by atoms with Gasteiger partial charge < -0.3 is 4.90 Å². The minimum atomic E-state index is -2.70. The number of aryl methyl sites for hydroxylation is 1. The second-order valence-corrected chi connectivity index (χ2v) is 8.79. The van der Waals surface area contributed by atoms with Crippen LogP contribution in [0, 0.1) is 0 Å². The van der Waals surface area contributed by atoms with Crippen molar-refractivity contribution in [2.24, 2.45) is 7.05 Å². The lowest BCUT2D eigenvalue weighted by Gasteiger charge is -2.28. The van der Waals surface area contributed by atoms with Gasteiger partial charge in [-0.3, -0.25) is 9.48 Å². The molecule has 2 aliphatic rings. The third kappa shape index (κ3) is 3.79. The molecule has 1 aliphatic carbocycles.